The molecule has 0 aliphatic heterocycles. The van der Waals surface area contributed by atoms with Crippen molar-refractivity contribution in [3.8, 4) is 83.8 Å². The summed E-state index contributed by atoms with van der Waals surface area (Å²) in [6.07, 6.45) is 0. The Bertz CT molecular complexity index is 8980. The molecule has 678 valence electrons. The molecule has 0 fully saturated rings. The first kappa shape index (κ1) is 86.4. The van der Waals surface area contributed by atoms with Gasteiger partial charge in [-0.3, -0.25) is 0 Å². The molecular formula is C138H96N6. The Morgan fingerprint density at radius 1 is 0.125 bits per heavy atom. The van der Waals surface area contributed by atoms with E-state index >= 15 is 0 Å². The number of rotatable bonds is 18. The molecule has 0 saturated heterocycles. The summed E-state index contributed by atoms with van der Waals surface area (Å²) < 4.78 is 7.27. The minimum absolute atomic E-state index is 1.10. The molecule has 0 amide bonds. The Morgan fingerprint density at radius 3 is 0.792 bits per heavy atom. The lowest BCUT2D eigenvalue weighted by Crippen LogP contribution is -2.12. The molecule has 0 bridgehead atoms. The monoisotopic (exact) mass is 1840 g/mol. The van der Waals surface area contributed by atoms with Gasteiger partial charge in [-0.15, -0.1) is 0 Å². The molecule has 27 aromatic rings. The second-order valence-electron chi connectivity index (χ2n) is 36.6. The summed E-state index contributed by atoms with van der Waals surface area (Å²) in [6.45, 7) is 0. The van der Waals surface area contributed by atoms with E-state index in [2.05, 4.69) is 611 Å². The molecule has 144 heavy (non-hydrogen) atoms. The minimum atomic E-state index is 1.10. The molecule has 0 N–H and O–H groups in total. The first-order valence-electron chi connectivity index (χ1n) is 49.3. The predicted molar refractivity (Wildman–Crippen MR) is 612 cm³/mol. The summed E-state index contributed by atoms with van der Waals surface area (Å²) in [7, 11) is 0. The largest absolute Gasteiger partial charge is 0.310 e. The van der Waals surface area contributed by atoms with Crippen LogP contribution in [0.15, 0.2) is 582 Å². The van der Waals surface area contributed by atoms with E-state index in [9.17, 15) is 0 Å². The van der Waals surface area contributed by atoms with Crippen LogP contribution < -0.4 is 14.7 Å². The minimum Gasteiger partial charge on any atom is -0.310 e. The lowest BCUT2D eigenvalue weighted by atomic mass is 9.99. The van der Waals surface area contributed by atoms with Crippen LogP contribution in [0.4, 0.5) is 51.2 Å². The molecule has 3 heterocycles. The number of aromatic nitrogens is 3. The van der Waals surface area contributed by atoms with Gasteiger partial charge in [-0.25, -0.2) is 0 Å². The topological polar surface area (TPSA) is 24.5 Å². The smallest absolute Gasteiger partial charge is 0.0788 e. The first-order chi connectivity index (χ1) is 71.5. The molecule has 0 unspecified atom stereocenters. The maximum absolute atomic E-state index is 2.44. The zero-order chi connectivity index (χ0) is 95.6. The Hall–Kier alpha value is -19.1. The summed E-state index contributed by atoms with van der Waals surface area (Å²) in [6, 6.07) is 210. The van der Waals surface area contributed by atoms with Crippen molar-refractivity contribution in [2.45, 2.75) is 0 Å². The van der Waals surface area contributed by atoms with Crippen molar-refractivity contribution in [1.29, 1.82) is 0 Å². The van der Waals surface area contributed by atoms with E-state index in [4.69, 9.17) is 0 Å². The highest BCUT2D eigenvalue weighted by atomic mass is 15.2. The summed E-state index contributed by atoms with van der Waals surface area (Å²) >= 11 is 0. The van der Waals surface area contributed by atoms with Crippen LogP contribution in [0.3, 0.4) is 0 Å². The molecule has 0 aliphatic carbocycles. The molecular weight excluding hydrogens is 1740 g/mol. The third-order valence-electron chi connectivity index (χ3n) is 28.1. The number of para-hydroxylation sites is 5. The van der Waals surface area contributed by atoms with Crippen molar-refractivity contribution in [2.24, 2.45) is 0 Å². The van der Waals surface area contributed by atoms with Crippen LogP contribution in [0.2, 0.25) is 0 Å². The number of hydrogen-bond acceptors (Lipinski definition) is 3. The summed E-state index contributed by atoms with van der Waals surface area (Å²) in [5.41, 5.74) is 35.0. The molecule has 27 rings (SSSR count). The zero-order valence-electron chi connectivity index (χ0n) is 79.1. The van der Waals surface area contributed by atoms with E-state index in [1.54, 1.807) is 0 Å². The highest BCUT2D eigenvalue weighted by molar-refractivity contribution is 6.27. The standard InChI is InChI=1S/3C46H32N2/c1-4-14-33(15-5-1)35-24-28-39(29-25-35)47(40-30-26-36(27-31-40)34-16-6-2-7-17-34)44-32-37-18-10-11-21-41(37)45-42-22-12-13-23-43(42)48(46(44)45)38-19-8-3-9-20-38;1-4-14-33(15-5-1)35-24-28-38(29-25-35)47(39-30-26-36(27-31-39)34-16-6-2-7-17-34)44-32-45-46(41-21-11-10-20-40(41)44)42-22-12-13-23-43(42)48(45)37-18-8-3-9-19-37;1-4-12-33(13-5-1)35-20-24-40(25-21-35)47(41-26-22-36(23-27-41)34-14-6-2-7-15-34)42-28-29-43-44-30-37-16-10-11-17-38(37)31-45(44)48(46(43)32-42)39-18-8-3-9-19-39/h3*1-32H. The van der Waals surface area contributed by atoms with Gasteiger partial charge in [-0.1, -0.05) is 425 Å². The van der Waals surface area contributed by atoms with Gasteiger partial charge in [-0.05, 0) is 251 Å². The van der Waals surface area contributed by atoms with Gasteiger partial charge < -0.3 is 28.4 Å². The maximum atomic E-state index is 2.44. The van der Waals surface area contributed by atoms with Crippen LogP contribution in [-0.4, -0.2) is 13.7 Å². The van der Waals surface area contributed by atoms with Gasteiger partial charge in [0.2, 0.25) is 0 Å². The van der Waals surface area contributed by atoms with Crippen molar-refractivity contribution < 1.29 is 0 Å². The fourth-order valence-corrected chi connectivity index (χ4v) is 21.3. The number of hydrogen-bond donors (Lipinski definition) is 0. The van der Waals surface area contributed by atoms with Crippen LogP contribution in [0.5, 0.6) is 0 Å². The first-order valence-corrected chi connectivity index (χ1v) is 49.3. The Balaban J connectivity index is 0.000000113. The number of anilines is 9. The lowest BCUT2D eigenvalue weighted by molar-refractivity contribution is 1.17. The molecule has 0 aliphatic rings. The number of fused-ring (bicyclic) bond motifs is 14. The van der Waals surface area contributed by atoms with Gasteiger partial charge in [0.15, 0.2) is 0 Å². The van der Waals surface area contributed by atoms with Gasteiger partial charge in [-0.2, -0.15) is 0 Å². The van der Waals surface area contributed by atoms with E-state index in [-0.39, 0.29) is 0 Å². The van der Waals surface area contributed by atoms with Crippen LogP contribution in [0.25, 0.3) is 182 Å². The Kier molecular flexibility index (Phi) is 23.0. The SMILES string of the molecule is c1ccc(-c2ccc(N(c3ccc(-c4ccccc4)cc3)c3cc4c(c5ccccc35)c3ccccc3n4-c3ccccc3)cc2)cc1.c1ccc(-c2ccc(N(c3ccc(-c4ccccc4)cc3)c3cc4ccccc4c4c5ccccc5n(-c5ccccc5)c34)cc2)cc1.c1ccc(-c2ccc(N(c3ccc(-c4ccccc4)cc3)c3ccc4c5cc6ccccc6cc5n(-c5ccccc5)c4c3)cc2)cc1. The van der Waals surface area contributed by atoms with E-state index in [0.29, 0.717) is 0 Å². The fourth-order valence-electron chi connectivity index (χ4n) is 21.3. The van der Waals surface area contributed by atoms with Gasteiger partial charge in [0.25, 0.3) is 0 Å². The van der Waals surface area contributed by atoms with E-state index < -0.39 is 0 Å². The fraction of sp³-hybridized carbons (Fsp3) is 0. The number of benzene rings is 24. The third-order valence-corrected chi connectivity index (χ3v) is 28.1. The van der Waals surface area contributed by atoms with Crippen LogP contribution >= 0.6 is 0 Å². The normalized spacial score (nSPS) is 11.3. The van der Waals surface area contributed by atoms with Crippen molar-refractivity contribution in [3.63, 3.8) is 0 Å². The molecule has 0 spiro atoms. The molecule has 6 heteroatoms. The summed E-state index contributed by atoms with van der Waals surface area (Å²) in [5.74, 6) is 0. The van der Waals surface area contributed by atoms with Crippen LogP contribution in [0.1, 0.15) is 0 Å². The maximum Gasteiger partial charge on any atom is 0.0788 e. The molecule has 24 aromatic carbocycles. The molecule has 0 atom stereocenters. The quantitative estimate of drug-likeness (QED) is 0.0856. The molecule has 0 radical (unpaired) electrons. The van der Waals surface area contributed by atoms with Crippen molar-refractivity contribution in [2.75, 3.05) is 14.7 Å². The number of nitrogens with zero attached hydrogens (tertiary/aromatic N) is 6. The average Bonchev–Trinajstić information content (AvgIpc) is 1.55. The molecule has 0 saturated carbocycles. The molecule has 3 aromatic heterocycles. The Labute approximate surface area is 837 Å². The predicted octanol–water partition coefficient (Wildman–Crippen LogP) is 38.2. The van der Waals surface area contributed by atoms with Gasteiger partial charge >= 0.3 is 0 Å². The van der Waals surface area contributed by atoms with Gasteiger partial charge in [0.05, 0.1) is 44.5 Å². The zero-order valence-corrected chi connectivity index (χ0v) is 79.1. The van der Waals surface area contributed by atoms with Gasteiger partial charge in [0, 0.05) is 94.6 Å². The van der Waals surface area contributed by atoms with E-state index in [1.165, 1.54) is 164 Å². The van der Waals surface area contributed by atoms with Gasteiger partial charge in [0.1, 0.15) is 0 Å². The second-order valence-corrected chi connectivity index (χ2v) is 36.6. The Morgan fingerprint density at radius 2 is 0.396 bits per heavy atom. The second kappa shape index (κ2) is 38.3. The highest BCUT2D eigenvalue weighted by Crippen LogP contribution is 2.51. The van der Waals surface area contributed by atoms with Crippen molar-refractivity contribution in [1.82, 2.24) is 13.7 Å². The van der Waals surface area contributed by atoms with Crippen LogP contribution in [-0.2, 0) is 0 Å². The molecule has 6 nitrogen and oxygen atoms in total. The highest BCUT2D eigenvalue weighted by Gasteiger charge is 2.28. The summed E-state index contributed by atoms with van der Waals surface area (Å²) in [5, 5.41) is 14.9. The van der Waals surface area contributed by atoms with Crippen molar-refractivity contribution in [3.05, 3.63) is 582 Å². The average molecular weight is 1840 g/mol. The summed E-state index contributed by atoms with van der Waals surface area (Å²) in [4.78, 5) is 7.21. The van der Waals surface area contributed by atoms with E-state index in [0.717, 1.165) is 68.2 Å². The van der Waals surface area contributed by atoms with Crippen LogP contribution in [0, 0.1) is 0 Å². The lowest BCUT2D eigenvalue weighted by Gasteiger charge is -2.28. The van der Waals surface area contributed by atoms with E-state index in [1.807, 2.05) is 0 Å². The third kappa shape index (κ3) is 16.5. The van der Waals surface area contributed by atoms with Crippen molar-refractivity contribution >= 4 is 149 Å².